The average molecular weight is 273 g/mol. The number of halogens is 1. The van der Waals surface area contributed by atoms with Gasteiger partial charge in [-0.15, -0.1) is 0 Å². The summed E-state index contributed by atoms with van der Waals surface area (Å²) >= 11 is 0. The predicted octanol–water partition coefficient (Wildman–Crippen LogP) is 3.29. The van der Waals surface area contributed by atoms with Gasteiger partial charge < -0.3 is 16.4 Å². The first kappa shape index (κ1) is 13.9. The molecular weight excluding hydrogens is 257 g/mol. The van der Waals surface area contributed by atoms with Crippen molar-refractivity contribution in [3.63, 3.8) is 0 Å². The molecule has 0 spiro atoms. The fourth-order valence-electron chi connectivity index (χ4n) is 1.83. The smallest absolute Gasteiger partial charge is 0.319 e. The maximum atomic E-state index is 13.4. The van der Waals surface area contributed by atoms with Crippen molar-refractivity contribution in [2.24, 2.45) is 0 Å². The van der Waals surface area contributed by atoms with Crippen molar-refractivity contribution in [2.45, 2.75) is 13.0 Å². The molecule has 0 saturated carbocycles. The molecule has 104 valence electrons. The first-order valence-corrected chi connectivity index (χ1v) is 6.24. The van der Waals surface area contributed by atoms with Crippen LogP contribution >= 0.6 is 0 Å². The number of carbonyl (C=O) groups excluding carboxylic acids is 1. The predicted molar refractivity (Wildman–Crippen MR) is 77.8 cm³/mol. The van der Waals surface area contributed by atoms with Gasteiger partial charge in [-0.05, 0) is 36.8 Å². The zero-order valence-electron chi connectivity index (χ0n) is 11.1. The fourth-order valence-corrected chi connectivity index (χ4v) is 1.83. The van der Waals surface area contributed by atoms with Crippen LogP contribution in [0.2, 0.25) is 0 Å². The quantitative estimate of drug-likeness (QED) is 0.751. The van der Waals surface area contributed by atoms with E-state index in [0.717, 1.165) is 5.56 Å². The molecule has 0 heterocycles. The van der Waals surface area contributed by atoms with E-state index in [1.54, 1.807) is 24.3 Å². The number of amides is 2. The van der Waals surface area contributed by atoms with Gasteiger partial charge >= 0.3 is 6.03 Å². The second kappa shape index (κ2) is 6.06. The minimum absolute atomic E-state index is 0.143. The lowest BCUT2D eigenvalue weighted by Crippen LogP contribution is -2.31. The van der Waals surface area contributed by atoms with Crippen molar-refractivity contribution in [1.29, 1.82) is 0 Å². The molecule has 0 aliphatic carbocycles. The highest BCUT2D eigenvalue weighted by atomic mass is 19.1. The van der Waals surface area contributed by atoms with E-state index in [9.17, 15) is 9.18 Å². The molecule has 5 heteroatoms. The third-order valence-electron chi connectivity index (χ3n) is 2.88. The van der Waals surface area contributed by atoms with Gasteiger partial charge in [-0.25, -0.2) is 9.18 Å². The lowest BCUT2D eigenvalue weighted by molar-refractivity contribution is 0.249. The number of nitrogens with one attached hydrogen (secondary N) is 2. The Morgan fingerprint density at radius 1 is 1.20 bits per heavy atom. The minimum atomic E-state index is -0.473. The number of urea groups is 1. The summed E-state index contributed by atoms with van der Waals surface area (Å²) in [6.45, 7) is 1.83. The molecule has 0 aliphatic heterocycles. The number of hydrogen-bond acceptors (Lipinski definition) is 2. The molecule has 0 aromatic heterocycles. The summed E-state index contributed by atoms with van der Waals surface area (Å²) in [6.07, 6.45) is 0. The Hall–Kier alpha value is -2.56. The zero-order chi connectivity index (χ0) is 14.5. The van der Waals surface area contributed by atoms with E-state index in [1.165, 1.54) is 12.1 Å². The third-order valence-corrected chi connectivity index (χ3v) is 2.88. The maximum absolute atomic E-state index is 13.4. The van der Waals surface area contributed by atoms with Crippen molar-refractivity contribution in [1.82, 2.24) is 5.32 Å². The molecule has 0 saturated heterocycles. The fraction of sp³-hybridized carbons (Fsp3) is 0.133. The van der Waals surface area contributed by atoms with Crippen molar-refractivity contribution in [2.75, 3.05) is 11.1 Å². The summed E-state index contributed by atoms with van der Waals surface area (Å²) in [5.41, 5.74) is 7.35. The van der Waals surface area contributed by atoms with Crippen LogP contribution in [0.5, 0.6) is 0 Å². The number of hydrogen-bond donors (Lipinski definition) is 3. The second-order valence-corrected chi connectivity index (χ2v) is 4.47. The third kappa shape index (κ3) is 3.47. The van der Waals surface area contributed by atoms with Crippen molar-refractivity contribution in [3.05, 3.63) is 59.9 Å². The summed E-state index contributed by atoms with van der Waals surface area (Å²) in [6, 6.07) is 12.5. The van der Waals surface area contributed by atoms with Gasteiger partial charge in [0.05, 0.1) is 11.7 Å². The largest absolute Gasteiger partial charge is 0.399 e. The van der Waals surface area contributed by atoms with Crippen LogP contribution in [0.1, 0.15) is 18.5 Å². The molecule has 2 aromatic carbocycles. The summed E-state index contributed by atoms with van der Waals surface area (Å²) in [4.78, 5) is 11.8. The highest BCUT2D eigenvalue weighted by Gasteiger charge is 2.11. The SMILES string of the molecule is CC(NC(=O)Nc1ccccc1F)c1cccc(N)c1. The number of benzene rings is 2. The zero-order valence-corrected chi connectivity index (χ0v) is 11.1. The molecular formula is C15H16FN3O. The number of rotatable bonds is 3. The molecule has 0 aliphatic rings. The van der Waals surface area contributed by atoms with Crippen molar-refractivity contribution >= 4 is 17.4 Å². The summed E-state index contributed by atoms with van der Waals surface area (Å²) in [7, 11) is 0. The van der Waals surface area contributed by atoms with E-state index in [1.807, 2.05) is 19.1 Å². The Bertz CT molecular complexity index is 616. The Balaban J connectivity index is 2.00. The minimum Gasteiger partial charge on any atom is -0.399 e. The second-order valence-electron chi connectivity index (χ2n) is 4.47. The van der Waals surface area contributed by atoms with E-state index in [-0.39, 0.29) is 11.7 Å². The van der Waals surface area contributed by atoms with Gasteiger partial charge in [0.2, 0.25) is 0 Å². The lowest BCUT2D eigenvalue weighted by atomic mass is 10.1. The Kier molecular flexibility index (Phi) is 4.20. The molecule has 1 unspecified atom stereocenters. The first-order chi connectivity index (χ1) is 9.56. The van der Waals surface area contributed by atoms with Gasteiger partial charge in [0.15, 0.2) is 0 Å². The average Bonchev–Trinajstić information content (AvgIpc) is 2.41. The van der Waals surface area contributed by atoms with Crippen LogP contribution < -0.4 is 16.4 Å². The van der Waals surface area contributed by atoms with Crippen LogP contribution in [0.3, 0.4) is 0 Å². The highest BCUT2D eigenvalue weighted by Crippen LogP contribution is 2.16. The first-order valence-electron chi connectivity index (χ1n) is 6.24. The van der Waals surface area contributed by atoms with E-state index < -0.39 is 11.8 Å². The number of anilines is 2. The molecule has 2 rings (SSSR count). The van der Waals surface area contributed by atoms with Gasteiger partial charge in [0, 0.05) is 5.69 Å². The highest BCUT2D eigenvalue weighted by molar-refractivity contribution is 5.89. The van der Waals surface area contributed by atoms with Crippen LogP contribution in [-0.4, -0.2) is 6.03 Å². The molecule has 2 amide bonds. The maximum Gasteiger partial charge on any atom is 0.319 e. The summed E-state index contributed by atoms with van der Waals surface area (Å²) < 4.78 is 13.4. The van der Waals surface area contributed by atoms with E-state index in [2.05, 4.69) is 10.6 Å². The monoisotopic (exact) mass is 273 g/mol. The van der Waals surface area contributed by atoms with Gasteiger partial charge in [-0.2, -0.15) is 0 Å². The van der Waals surface area contributed by atoms with Crippen LogP contribution in [0.15, 0.2) is 48.5 Å². The lowest BCUT2D eigenvalue weighted by Gasteiger charge is -2.15. The molecule has 0 radical (unpaired) electrons. The molecule has 0 bridgehead atoms. The van der Waals surface area contributed by atoms with Crippen molar-refractivity contribution < 1.29 is 9.18 Å². The number of nitrogens with two attached hydrogens (primary N) is 1. The van der Waals surface area contributed by atoms with Crippen LogP contribution in [0.4, 0.5) is 20.6 Å². The summed E-state index contributed by atoms with van der Waals surface area (Å²) in [5.74, 6) is -0.473. The van der Waals surface area contributed by atoms with Gasteiger partial charge in [-0.3, -0.25) is 0 Å². The molecule has 2 aromatic rings. The van der Waals surface area contributed by atoms with Gasteiger partial charge in [0.1, 0.15) is 5.82 Å². The van der Waals surface area contributed by atoms with Gasteiger partial charge in [-0.1, -0.05) is 24.3 Å². The number of carbonyl (C=O) groups is 1. The molecule has 0 fully saturated rings. The summed E-state index contributed by atoms with van der Waals surface area (Å²) in [5, 5.41) is 5.20. The number of para-hydroxylation sites is 1. The Labute approximate surface area is 116 Å². The van der Waals surface area contributed by atoms with E-state index in [0.29, 0.717) is 5.69 Å². The van der Waals surface area contributed by atoms with Crippen LogP contribution in [0, 0.1) is 5.82 Å². The standard InChI is InChI=1S/C15H16FN3O/c1-10(11-5-4-6-12(17)9-11)18-15(20)19-14-8-3-2-7-13(14)16/h2-10H,17H2,1H3,(H2,18,19,20). The van der Waals surface area contributed by atoms with Crippen LogP contribution in [-0.2, 0) is 0 Å². The van der Waals surface area contributed by atoms with E-state index >= 15 is 0 Å². The molecule has 4 nitrogen and oxygen atoms in total. The Morgan fingerprint density at radius 3 is 2.65 bits per heavy atom. The van der Waals surface area contributed by atoms with E-state index in [4.69, 9.17) is 5.73 Å². The number of nitrogen functional groups attached to an aromatic ring is 1. The normalized spacial score (nSPS) is 11.7. The molecule has 20 heavy (non-hydrogen) atoms. The topological polar surface area (TPSA) is 67.2 Å². The molecule has 4 N–H and O–H groups in total. The molecule has 1 atom stereocenters. The van der Waals surface area contributed by atoms with Gasteiger partial charge in [0.25, 0.3) is 0 Å². The van der Waals surface area contributed by atoms with Crippen LogP contribution in [0.25, 0.3) is 0 Å². The van der Waals surface area contributed by atoms with Crippen molar-refractivity contribution in [3.8, 4) is 0 Å². The Morgan fingerprint density at radius 2 is 1.95 bits per heavy atom.